The van der Waals surface area contributed by atoms with Crippen LogP contribution < -0.4 is 5.32 Å². The lowest BCUT2D eigenvalue weighted by Crippen LogP contribution is -2.40. The fourth-order valence-electron chi connectivity index (χ4n) is 4.43. The summed E-state index contributed by atoms with van der Waals surface area (Å²) in [6, 6.07) is 6.93. The number of rotatable bonds is 6. The van der Waals surface area contributed by atoms with Gasteiger partial charge < -0.3 is 5.32 Å². The molecule has 0 heterocycles. The SMILES string of the molecule is Cc1ccc(S(=O)(=O)CCC(=O)N[C@@H](C)[C@@H]2C[C@H]3CC[C@H]2C3)cc1. The second kappa shape index (κ2) is 6.87. The van der Waals surface area contributed by atoms with Crippen molar-refractivity contribution in [3.63, 3.8) is 0 Å². The minimum atomic E-state index is -3.40. The van der Waals surface area contributed by atoms with E-state index in [1.165, 1.54) is 25.7 Å². The first-order valence-electron chi connectivity index (χ1n) is 8.94. The van der Waals surface area contributed by atoms with Gasteiger partial charge in [0.2, 0.25) is 5.91 Å². The van der Waals surface area contributed by atoms with Crippen molar-refractivity contribution in [2.75, 3.05) is 5.75 Å². The summed E-state index contributed by atoms with van der Waals surface area (Å²) in [5, 5.41) is 3.04. The van der Waals surface area contributed by atoms with Gasteiger partial charge in [0.1, 0.15) is 0 Å². The van der Waals surface area contributed by atoms with Crippen molar-refractivity contribution in [2.24, 2.45) is 17.8 Å². The average molecular weight is 349 g/mol. The Morgan fingerprint density at radius 2 is 1.92 bits per heavy atom. The molecule has 0 radical (unpaired) electrons. The van der Waals surface area contributed by atoms with Gasteiger partial charge in [-0.2, -0.15) is 0 Å². The van der Waals surface area contributed by atoms with Crippen LogP contribution in [0.3, 0.4) is 0 Å². The Bertz CT molecular complexity index is 696. The summed E-state index contributed by atoms with van der Waals surface area (Å²) in [4.78, 5) is 12.5. The molecule has 0 aliphatic heterocycles. The Kier molecular flexibility index (Phi) is 5.00. The molecule has 2 aliphatic rings. The molecular weight excluding hydrogens is 322 g/mol. The van der Waals surface area contributed by atoms with Crippen molar-refractivity contribution in [3.8, 4) is 0 Å². The maximum atomic E-state index is 12.3. The summed E-state index contributed by atoms with van der Waals surface area (Å²) < 4.78 is 24.6. The molecule has 1 amide bonds. The average Bonchev–Trinajstić information content (AvgIpc) is 3.16. The Hall–Kier alpha value is -1.36. The molecule has 2 fully saturated rings. The van der Waals surface area contributed by atoms with E-state index in [1.54, 1.807) is 24.3 Å². The van der Waals surface area contributed by atoms with E-state index in [0.717, 1.165) is 17.4 Å². The largest absolute Gasteiger partial charge is 0.353 e. The van der Waals surface area contributed by atoms with Crippen LogP contribution in [0.1, 0.15) is 44.6 Å². The zero-order valence-corrected chi connectivity index (χ0v) is 15.3. The van der Waals surface area contributed by atoms with E-state index in [-0.39, 0.29) is 24.1 Å². The zero-order valence-electron chi connectivity index (χ0n) is 14.5. The van der Waals surface area contributed by atoms with Crippen LogP contribution in [0, 0.1) is 24.7 Å². The van der Waals surface area contributed by atoms with Crippen LogP contribution in [-0.2, 0) is 14.6 Å². The number of nitrogens with one attached hydrogen (secondary N) is 1. The second-order valence-electron chi connectivity index (χ2n) is 7.58. The fourth-order valence-corrected chi connectivity index (χ4v) is 5.67. The number of fused-ring (bicyclic) bond motifs is 2. The molecule has 2 bridgehead atoms. The number of sulfone groups is 1. The number of aryl methyl sites for hydroxylation is 1. The molecule has 3 rings (SSSR count). The maximum Gasteiger partial charge on any atom is 0.221 e. The highest BCUT2D eigenvalue weighted by atomic mass is 32.2. The molecule has 0 aromatic heterocycles. The van der Waals surface area contributed by atoms with E-state index in [1.807, 2.05) is 6.92 Å². The quantitative estimate of drug-likeness (QED) is 0.858. The lowest BCUT2D eigenvalue weighted by Gasteiger charge is -2.28. The van der Waals surface area contributed by atoms with Crippen molar-refractivity contribution >= 4 is 15.7 Å². The predicted octanol–water partition coefficient (Wildman–Crippen LogP) is 3.10. The molecule has 5 heteroatoms. The molecule has 0 spiro atoms. The molecule has 4 atom stereocenters. The molecule has 1 aromatic carbocycles. The fraction of sp³-hybridized carbons (Fsp3) is 0.632. The van der Waals surface area contributed by atoms with Gasteiger partial charge in [-0.15, -0.1) is 0 Å². The van der Waals surface area contributed by atoms with E-state index in [4.69, 9.17) is 0 Å². The van der Waals surface area contributed by atoms with Gasteiger partial charge in [0.05, 0.1) is 10.6 Å². The van der Waals surface area contributed by atoms with E-state index >= 15 is 0 Å². The summed E-state index contributed by atoms with van der Waals surface area (Å²) in [5.41, 5.74) is 1.02. The molecule has 24 heavy (non-hydrogen) atoms. The summed E-state index contributed by atoms with van der Waals surface area (Å²) in [6.45, 7) is 3.98. The van der Waals surface area contributed by atoms with Crippen LogP contribution in [0.5, 0.6) is 0 Å². The molecule has 0 saturated heterocycles. The van der Waals surface area contributed by atoms with Gasteiger partial charge in [-0.1, -0.05) is 24.1 Å². The standard InChI is InChI=1S/C19H27NO3S/c1-13-3-7-17(8-4-13)24(22,23)10-9-19(21)20-14(2)18-12-15-5-6-16(18)11-15/h3-4,7-8,14-16,18H,5-6,9-12H2,1-2H3,(H,20,21)/t14-,15-,16-,18-/m0/s1. The summed E-state index contributed by atoms with van der Waals surface area (Å²) in [5.74, 6) is 1.89. The van der Waals surface area contributed by atoms with Gasteiger partial charge in [0.25, 0.3) is 0 Å². The molecular formula is C19H27NO3S. The first-order valence-corrected chi connectivity index (χ1v) is 10.6. The summed E-state index contributed by atoms with van der Waals surface area (Å²) in [6.07, 6.45) is 5.19. The van der Waals surface area contributed by atoms with Crippen molar-refractivity contribution in [3.05, 3.63) is 29.8 Å². The van der Waals surface area contributed by atoms with E-state index in [2.05, 4.69) is 12.2 Å². The highest BCUT2D eigenvalue weighted by molar-refractivity contribution is 7.91. The zero-order chi connectivity index (χ0) is 17.3. The predicted molar refractivity (Wildman–Crippen MR) is 94.4 cm³/mol. The normalized spacial score (nSPS) is 27.2. The monoisotopic (exact) mass is 349 g/mol. The molecule has 1 aromatic rings. The maximum absolute atomic E-state index is 12.3. The third kappa shape index (κ3) is 3.82. The van der Waals surface area contributed by atoms with Crippen molar-refractivity contribution in [1.82, 2.24) is 5.32 Å². The van der Waals surface area contributed by atoms with Crippen molar-refractivity contribution in [1.29, 1.82) is 0 Å². The number of hydrogen-bond donors (Lipinski definition) is 1. The van der Waals surface area contributed by atoms with Gasteiger partial charge >= 0.3 is 0 Å². The van der Waals surface area contributed by atoms with Crippen LogP contribution in [0.25, 0.3) is 0 Å². The van der Waals surface area contributed by atoms with Crippen LogP contribution in [0.4, 0.5) is 0 Å². The van der Waals surface area contributed by atoms with Gasteiger partial charge in [-0.25, -0.2) is 8.42 Å². The number of amides is 1. The van der Waals surface area contributed by atoms with Gasteiger partial charge in [0.15, 0.2) is 9.84 Å². The highest BCUT2D eigenvalue weighted by Gasteiger charge is 2.42. The molecule has 1 N–H and O–H groups in total. The topological polar surface area (TPSA) is 63.2 Å². The highest BCUT2D eigenvalue weighted by Crippen LogP contribution is 2.49. The summed E-state index contributed by atoms with van der Waals surface area (Å²) >= 11 is 0. The van der Waals surface area contributed by atoms with Crippen LogP contribution in [0.15, 0.2) is 29.2 Å². The van der Waals surface area contributed by atoms with E-state index < -0.39 is 9.84 Å². The lowest BCUT2D eigenvalue weighted by molar-refractivity contribution is -0.121. The third-order valence-corrected chi connectivity index (χ3v) is 7.53. The minimum Gasteiger partial charge on any atom is -0.353 e. The van der Waals surface area contributed by atoms with Crippen molar-refractivity contribution in [2.45, 2.75) is 56.9 Å². The number of benzene rings is 1. The van der Waals surface area contributed by atoms with E-state index in [0.29, 0.717) is 10.8 Å². The van der Waals surface area contributed by atoms with Gasteiger partial charge in [-0.3, -0.25) is 4.79 Å². The molecule has 132 valence electrons. The van der Waals surface area contributed by atoms with Crippen LogP contribution in [-0.4, -0.2) is 26.1 Å². The van der Waals surface area contributed by atoms with E-state index in [9.17, 15) is 13.2 Å². The first-order chi connectivity index (χ1) is 11.3. The smallest absolute Gasteiger partial charge is 0.221 e. The number of hydrogen-bond acceptors (Lipinski definition) is 3. The summed E-state index contributed by atoms with van der Waals surface area (Å²) in [7, 11) is -3.40. The Balaban J connectivity index is 1.51. The van der Waals surface area contributed by atoms with Crippen LogP contribution in [0.2, 0.25) is 0 Å². The van der Waals surface area contributed by atoms with Gasteiger partial charge in [0, 0.05) is 12.5 Å². The van der Waals surface area contributed by atoms with Crippen molar-refractivity contribution < 1.29 is 13.2 Å². The molecule has 0 unspecified atom stereocenters. The second-order valence-corrected chi connectivity index (χ2v) is 9.69. The molecule has 2 saturated carbocycles. The lowest BCUT2D eigenvalue weighted by atomic mass is 9.84. The number of carbonyl (C=O) groups is 1. The third-order valence-electron chi connectivity index (χ3n) is 5.80. The van der Waals surface area contributed by atoms with Gasteiger partial charge in [-0.05, 0) is 63.0 Å². The Morgan fingerprint density at radius 3 is 2.50 bits per heavy atom. The molecule has 4 nitrogen and oxygen atoms in total. The number of carbonyl (C=O) groups excluding carboxylic acids is 1. The Labute approximate surface area is 145 Å². The minimum absolute atomic E-state index is 0.0291. The Morgan fingerprint density at radius 1 is 1.21 bits per heavy atom. The molecule has 2 aliphatic carbocycles. The van der Waals surface area contributed by atoms with Crippen LogP contribution >= 0.6 is 0 Å². The first kappa shape index (κ1) is 17.5.